The molecule has 1 aliphatic rings. The second-order valence-corrected chi connectivity index (χ2v) is 8.61. The predicted molar refractivity (Wildman–Crippen MR) is 124 cm³/mol. The third-order valence-corrected chi connectivity index (χ3v) is 6.37. The summed E-state index contributed by atoms with van der Waals surface area (Å²) in [5.74, 6) is -0.651. The molecule has 4 aromatic rings. The van der Waals surface area contributed by atoms with Crippen molar-refractivity contribution in [2.24, 2.45) is 0 Å². The quantitative estimate of drug-likeness (QED) is 0.437. The molecule has 2 N–H and O–H groups in total. The fourth-order valence-electron chi connectivity index (χ4n) is 4.54. The third-order valence-electron chi connectivity index (χ3n) is 6.06. The summed E-state index contributed by atoms with van der Waals surface area (Å²) in [6.45, 7) is 3.80. The highest BCUT2D eigenvalue weighted by Crippen LogP contribution is 2.37. The van der Waals surface area contributed by atoms with E-state index in [9.17, 15) is 9.59 Å². The van der Waals surface area contributed by atoms with E-state index in [4.69, 9.17) is 16.2 Å². The molecule has 2 atom stereocenters. The second kappa shape index (κ2) is 8.53. The summed E-state index contributed by atoms with van der Waals surface area (Å²) < 4.78 is 19.9. The summed E-state index contributed by atoms with van der Waals surface area (Å²) in [6, 6.07) is 8.26. The number of H-pyrrole nitrogens is 1. The van der Waals surface area contributed by atoms with E-state index in [-0.39, 0.29) is 28.4 Å². The van der Waals surface area contributed by atoms with E-state index >= 15 is 4.39 Å². The van der Waals surface area contributed by atoms with E-state index in [1.165, 1.54) is 18.2 Å². The highest BCUT2D eigenvalue weighted by atomic mass is 35.5. The van der Waals surface area contributed by atoms with Crippen LogP contribution in [0.3, 0.4) is 0 Å². The number of hydrogen-bond donors (Lipinski definition) is 2. The molecule has 0 aliphatic carbocycles. The Hall–Kier alpha value is -3.79. The fraction of sp³-hybridized carbons (Fsp3) is 0.261. The Morgan fingerprint density at radius 1 is 1.29 bits per heavy atom. The number of benzene rings is 2. The number of halogens is 2. The Morgan fingerprint density at radius 2 is 2.12 bits per heavy atom. The largest absolute Gasteiger partial charge is 0.322 e. The zero-order valence-electron chi connectivity index (χ0n) is 18.3. The molecule has 0 spiro atoms. The number of amides is 2. The first-order chi connectivity index (χ1) is 16.4. The van der Waals surface area contributed by atoms with Crippen molar-refractivity contribution in [2.45, 2.75) is 38.8 Å². The van der Waals surface area contributed by atoms with Crippen LogP contribution >= 0.6 is 11.6 Å². The molecule has 11 heteroatoms. The lowest BCUT2D eigenvalue weighted by atomic mass is 9.92. The summed E-state index contributed by atoms with van der Waals surface area (Å²) in [5.41, 5.74) is 3.05. The first-order valence-electron chi connectivity index (χ1n) is 10.8. The molecule has 1 unspecified atom stereocenters. The molecule has 0 saturated heterocycles. The monoisotopic (exact) mass is 482 g/mol. The molecule has 0 radical (unpaired) electrons. The number of hydrogen-bond acceptors (Lipinski definition) is 6. The molecule has 2 aromatic heterocycles. The first-order valence-corrected chi connectivity index (χ1v) is 11.1. The number of aromatic amines is 1. The second-order valence-electron chi connectivity index (χ2n) is 8.21. The van der Waals surface area contributed by atoms with E-state index in [2.05, 4.69) is 25.8 Å². The molecule has 9 nitrogen and oxygen atoms in total. The Morgan fingerprint density at radius 3 is 2.91 bits per heavy atom. The minimum atomic E-state index is -0.651. The molecule has 34 heavy (non-hydrogen) atoms. The molecule has 0 fully saturated rings. The van der Waals surface area contributed by atoms with Crippen LogP contribution in [0.25, 0.3) is 22.2 Å². The predicted octanol–water partition coefficient (Wildman–Crippen LogP) is 4.70. The van der Waals surface area contributed by atoms with Crippen molar-refractivity contribution in [1.82, 2.24) is 25.4 Å². The number of urea groups is 1. The molecule has 174 valence electrons. The van der Waals surface area contributed by atoms with Gasteiger partial charge in [0.25, 0.3) is 5.56 Å². The van der Waals surface area contributed by atoms with Gasteiger partial charge >= 0.3 is 6.03 Å². The Balaban J connectivity index is 1.46. The molecular weight excluding hydrogens is 463 g/mol. The summed E-state index contributed by atoms with van der Waals surface area (Å²) in [5, 5.41) is 17.2. The van der Waals surface area contributed by atoms with E-state index < -0.39 is 11.8 Å². The standard InChI is InChI=1S/C23H20ClFN6O3/c1-3-19-21-12(8-20(32)27-28-21)7-11(2)31(19)23(33)26-18-10-15(24)14(9-16(18)25)13-5-4-6-17-22(13)30-34-29-17/h4-6,8-11,19H,3,7H2,1-2H3,(H,26,33)(H,27,32)/t11-,19?/m0/s1. The van der Waals surface area contributed by atoms with E-state index in [0.29, 0.717) is 40.7 Å². The van der Waals surface area contributed by atoms with Crippen molar-refractivity contribution in [2.75, 3.05) is 5.32 Å². The van der Waals surface area contributed by atoms with Crippen molar-refractivity contribution in [1.29, 1.82) is 0 Å². The third kappa shape index (κ3) is 3.69. The number of rotatable bonds is 3. The first kappa shape index (κ1) is 22.0. The number of aromatic nitrogens is 4. The molecule has 2 amide bonds. The number of carbonyl (C=O) groups is 1. The number of nitrogens with one attached hydrogen (secondary N) is 2. The van der Waals surface area contributed by atoms with Gasteiger partial charge in [-0.2, -0.15) is 5.10 Å². The van der Waals surface area contributed by atoms with Gasteiger partial charge in [-0.15, -0.1) is 0 Å². The molecule has 3 heterocycles. The van der Waals surface area contributed by atoms with Crippen LogP contribution in [-0.2, 0) is 6.42 Å². The van der Waals surface area contributed by atoms with Gasteiger partial charge in [-0.1, -0.05) is 30.7 Å². The van der Waals surface area contributed by atoms with Crippen LogP contribution in [0.15, 0.2) is 45.8 Å². The number of carbonyl (C=O) groups excluding carboxylic acids is 1. The van der Waals surface area contributed by atoms with Gasteiger partial charge in [-0.25, -0.2) is 18.9 Å². The van der Waals surface area contributed by atoms with Gasteiger partial charge in [0, 0.05) is 23.2 Å². The van der Waals surface area contributed by atoms with Gasteiger partial charge in [-0.05, 0) is 53.8 Å². The number of nitrogens with zero attached hydrogens (tertiary/aromatic N) is 4. The molecular formula is C23H20ClFN6O3. The zero-order valence-corrected chi connectivity index (χ0v) is 19.1. The van der Waals surface area contributed by atoms with Crippen molar-refractivity contribution in [3.05, 3.63) is 68.8 Å². The molecule has 1 aliphatic heterocycles. The lowest BCUT2D eigenvalue weighted by molar-refractivity contribution is 0.145. The van der Waals surface area contributed by atoms with Crippen molar-refractivity contribution in [3.63, 3.8) is 0 Å². The Bertz CT molecular complexity index is 1470. The van der Waals surface area contributed by atoms with Crippen LogP contribution in [0.2, 0.25) is 5.02 Å². The maximum Gasteiger partial charge on any atom is 0.322 e. The Labute approximate surface area is 197 Å². The van der Waals surface area contributed by atoms with E-state index in [1.54, 1.807) is 23.1 Å². The van der Waals surface area contributed by atoms with Crippen molar-refractivity contribution >= 4 is 34.4 Å². The number of anilines is 1. The summed E-state index contributed by atoms with van der Waals surface area (Å²) in [7, 11) is 0. The topological polar surface area (TPSA) is 117 Å². The lowest BCUT2D eigenvalue weighted by Gasteiger charge is -2.40. The maximum atomic E-state index is 15.1. The summed E-state index contributed by atoms with van der Waals surface area (Å²) in [6.07, 6.45) is 1.04. The van der Waals surface area contributed by atoms with E-state index in [0.717, 1.165) is 5.56 Å². The van der Waals surface area contributed by atoms with Gasteiger partial charge in [0.05, 0.1) is 22.4 Å². The van der Waals surface area contributed by atoms with Gasteiger partial charge in [0.1, 0.15) is 16.9 Å². The van der Waals surface area contributed by atoms with Crippen LogP contribution in [0.4, 0.5) is 14.9 Å². The molecule has 2 aromatic carbocycles. The minimum Gasteiger partial charge on any atom is -0.313 e. The minimum absolute atomic E-state index is 0.0496. The lowest BCUT2D eigenvalue weighted by Crippen LogP contribution is -2.48. The van der Waals surface area contributed by atoms with Gasteiger partial charge < -0.3 is 10.2 Å². The van der Waals surface area contributed by atoms with E-state index in [1.807, 2.05) is 13.8 Å². The smallest absolute Gasteiger partial charge is 0.313 e. The fourth-order valence-corrected chi connectivity index (χ4v) is 4.81. The SMILES string of the molecule is CCC1c2n[nH]c(=O)cc2C[C@H](C)N1C(=O)Nc1cc(Cl)c(-c2cccc3nonc23)cc1F. The average Bonchev–Trinajstić information content (AvgIpc) is 3.29. The van der Waals surface area contributed by atoms with Crippen LogP contribution in [-0.4, -0.2) is 37.5 Å². The Kier molecular flexibility index (Phi) is 5.52. The highest BCUT2D eigenvalue weighted by molar-refractivity contribution is 6.34. The van der Waals surface area contributed by atoms with Gasteiger partial charge in [-0.3, -0.25) is 4.79 Å². The highest BCUT2D eigenvalue weighted by Gasteiger charge is 2.36. The van der Waals surface area contributed by atoms with Crippen molar-refractivity contribution < 1.29 is 13.8 Å². The summed E-state index contributed by atoms with van der Waals surface area (Å²) in [4.78, 5) is 26.6. The van der Waals surface area contributed by atoms with Crippen molar-refractivity contribution in [3.8, 4) is 11.1 Å². The zero-order chi connectivity index (χ0) is 24.0. The molecule has 0 saturated carbocycles. The van der Waals surface area contributed by atoms with Gasteiger partial charge in [0.15, 0.2) is 0 Å². The van der Waals surface area contributed by atoms with Crippen LogP contribution in [0.1, 0.15) is 37.6 Å². The van der Waals surface area contributed by atoms with Crippen LogP contribution in [0, 0.1) is 5.82 Å². The molecule has 5 rings (SSSR count). The average molecular weight is 483 g/mol. The normalized spacial score (nSPS) is 17.6. The molecule has 0 bridgehead atoms. The van der Waals surface area contributed by atoms with Gasteiger partial charge in [0.2, 0.25) is 0 Å². The maximum absolute atomic E-state index is 15.1. The van der Waals surface area contributed by atoms with Crippen LogP contribution in [0.5, 0.6) is 0 Å². The van der Waals surface area contributed by atoms with Crippen LogP contribution < -0.4 is 10.9 Å². The number of fused-ring (bicyclic) bond motifs is 2. The summed E-state index contributed by atoms with van der Waals surface area (Å²) >= 11 is 6.48.